The molecule has 8 atom stereocenters. The Bertz CT molecular complexity index is 995. The molecule has 10 heteroatoms. The Hall–Kier alpha value is -2.98. The summed E-state index contributed by atoms with van der Waals surface area (Å²) in [5.74, 6) is -3.94. The Morgan fingerprint density at radius 1 is 1.15 bits per heavy atom. The maximum atomic E-state index is 13.0. The molecule has 0 spiro atoms. The van der Waals surface area contributed by atoms with Crippen LogP contribution in [-0.2, 0) is 47.6 Å². The first-order chi connectivity index (χ1) is 15.4. The smallest absolute Gasteiger partial charge is 0.341 e. The first-order valence-corrected chi connectivity index (χ1v) is 10.5. The molecule has 0 aromatic heterocycles. The molecule has 0 N–H and O–H groups in total. The molecule has 4 aliphatic rings. The van der Waals surface area contributed by atoms with Gasteiger partial charge in [-0.15, -0.1) is 0 Å². The minimum Gasteiger partial charge on any atom is -0.466 e. The molecule has 0 amide bonds. The van der Waals surface area contributed by atoms with Crippen molar-refractivity contribution in [3.8, 4) is 0 Å². The number of methoxy groups -OCH3 is 1. The van der Waals surface area contributed by atoms with Gasteiger partial charge in [0.2, 0.25) is 0 Å². The van der Waals surface area contributed by atoms with Crippen LogP contribution in [0.15, 0.2) is 36.0 Å². The van der Waals surface area contributed by atoms with Gasteiger partial charge in [-0.25, -0.2) is 14.4 Å². The Balaban J connectivity index is 1.85. The summed E-state index contributed by atoms with van der Waals surface area (Å²) in [5, 5.41) is 0. The standard InChI is InChI=1S/C23H26O10/c1-10-14-16(31-21(27)23(5)11(2)32-23)15(29-12(3)24)13(20(26)28-6)8-7-9-22(4)18(33-22)17(14)30-19(10)25/h7-9,11,14-18H,1H2,2-6H3/b9-7-,13-8+/t11-,14+,15-,16-,17-,18+,22+,23+/m0/s1. The third kappa shape index (κ3) is 3.87. The number of ether oxygens (including phenoxy) is 6. The Morgan fingerprint density at radius 2 is 1.82 bits per heavy atom. The van der Waals surface area contributed by atoms with E-state index >= 15 is 0 Å². The van der Waals surface area contributed by atoms with Crippen molar-refractivity contribution < 1.29 is 47.6 Å². The topological polar surface area (TPSA) is 130 Å². The fourth-order valence-electron chi connectivity index (χ4n) is 4.35. The highest BCUT2D eigenvalue weighted by Crippen LogP contribution is 2.49. The summed E-state index contributed by atoms with van der Waals surface area (Å²) in [6.45, 7) is 10.0. The lowest BCUT2D eigenvalue weighted by Gasteiger charge is -2.33. The molecule has 3 saturated heterocycles. The largest absolute Gasteiger partial charge is 0.466 e. The summed E-state index contributed by atoms with van der Waals surface area (Å²) in [4.78, 5) is 50.3. The lowest BCUT2D eigenvalue weighted by Crippen LogP contribution is -2.49. The first-order valence-electron chi connectivity index (χ1n) is 10.5. The molecule has 178 valence electrons. The number of carbonyl (C=O) groups excluding carboxylic acids is 4. The van der Waals surface area contributed by atoms with E-state index in [2.05, 4.69) is 6.58 Å². The predicted molar refractivity (Wildman–Crippen MR) is 109 cm³/mol. The van der Waals surface area contributed by atoms with E-state index in [1.165, 1.54) is 13.2 Å². The Kier molecular flexibility index (Phi) is 5.49. The monoisotopic (exact) mass is 462 g/mol. The van der Waals surface area contributed by atoms with Gasteiger partial charge >= 0.3 is 23.9 Å². The molecule has 0 aromatic rings. The Labute approximate surface area is 190 Å². The number of allylic oxidation sites excluding steroid dienone is 2. The lowest BCUT2D eigenvalue weighted by molar-refractivity contribution is -0.174. The molecule has 3 heterocycles. The van der Waals surface area contributed by atoms with Crippen LogP contribution in [0.3, 0.4) is 0 Å². The average molecular weight is 462 g/mol. The highest BCUT2D eigenvalue weighted by Gasteiger charge is 2.65. The molecule has 3 aliphatic heterocycles. The van der Waals surface area contributed by atoms with Gasteiger partial charge < -0.3 is 28.4 Å². The molecule has 3 fully saturated rings. The number of rotatable bonds is 4. The fourth-order valence-corrected chi connectivity index (χ4v) is 4.35. The maximum absolute atomic E-state index is 13.0. The van der Waals surface area contributed by atoms with Gasteiger partial charge in [0.1, 0.15) is 17.8 Å². The summed E-state index contributed by atoms with van der Waals surface area (Å²) in [6, 6.07) is 0. The number of hydrogen-bond donors (Lipinski definition) is 0. The zero-order chi connectivity index (χ0) is 24.3. The summed E-state index contributed by atoms with van der Waals surface area (Å²) in [7, 11) is 1.17. The quantitative estimate of drug-likeness (QED) is 0.257. The van der Waals surface area contributed by atoms with Crippen molar-refractivity contribution in [2.45, 2.75) is 69.4 Å². The maximum Gasteiger partial charge on any atom is 0.341 e. The highest BCUT2D eigenvalue weighted by atomic mass is 16.7. The number of esters is 4. The molecular weight excluding hydrogens is 436 g/mol. The van der Waals surface area contributed by atoms with Crippen LogP contribution in [-0.4, -0.2) is 72.7 Å². The van der Waals surface area contributed by atoms with Crippen molar-refractivity contribution in [2.75, 3.05) is 7.11 Å². The van der Waals surface area contributed by atoms with E-state index in [0.717, 1.165) is 6.92 Å². The molecule has 4 rings (SSSR count). The second-order valence-corrected chi connectivity index (χ2v) is 8.88. The van der Waals surface area contributed by atoms with Crippen LogP contribution in [0.1, 0.15) is 27.7 Å². The summed E-state index contributed by atoms with van der Waals surface area (Å²) in [6.07, 6.45) is 0.0606. The van der Waals surface area contributed by atoms with E-state index in [-0.39, 0.29) is 11.1 Å². The predicted octanol–water partition coefficient (Wildman–Crippen LogP) is 0.932. The molecule has 0 aromatic carbocycles. The molecule has 0 saturated carbocycles. The van der Waals surface area contributed by atoms with Crippen LogP contribution in [0.25, 0.3) is 0 Å². The first kappa shape index (κ1) is 23.2. The Morgan fingerprint density at radius 3 is 2.39 bits per heavy atom. The second kappa shape index (κ2) is 7.81. The number of hydrogen-bond acceptors (Lipinski definition) is 10. The van der Waals surface area contributed by atoms with Gasteiger partial charge in [-0.2, -0.15) is 0 Å². The van der Waals surface area contributed by atoms with E-state index in [9.17, 15) is 19.2 Å². The number of carbonyl (C=O) groups is 4. The van der Waals surface area contributed by atoms with E-state index < -0.39 is 71.5 Å². The summed E-state index contributed by atoms with van der Waals surface area (Å²) >= 11 is 0. The number of fused-ring (bicyclic) bond motifs is 3. The normalized spacial score (nSPS) is 43.6. The van der Waals surface area contributed by atoms with Gasteiger partial charge in [0.15, 0.2) is 17.8 Å². The highest BCUT2D eigenvalue weighted by molar-refractivity contribution is 5.93. The zero-order valence-corrected chi connectivity index (χ0v) is 19.0. The molecule has 0 unspecified atom stereocenters. The van der Waals surface area contributed by atoms with E-state index in [4.69, 9.17) is 28.4 Å². The van der Waals surface area contributed by atoms with Crippen LogP contribution in [0, 0.1) is 5.92 Å². The SMILES string of the molecule is C=C1C(=O)O[C@H]2[C@H]1[C@H](OC(=O)[C@]1(C)O[C@H]1C)[C@@H](OC(C)=O)/C(C(=O)OC)=C\C=C/[C@@]1(C)O[C@H]21. The van der Waals surface area contributed by atoms with Crippen molar-refractivity contribution in [3.63, 3.8) is 0 Å². The minimum atomic E-state index is -1.41. The van der Waals surface area contributed by atoms with Gasteiger partial charge in [-0.05, 0) is 26.8 Å². The molecule has 0 bridgehead atoms. The third-order valence-electron chi connectivity index (χ3n) is 6.61. The number of epoxide rings is 2. The zero-order valence-electron chi connectivity index (χ0n) is 19.0. The van der Waals surface area contributed by atoms with Crippen LogP contribution in [0.5, 0.6) is 0 Å². The van der Waals surface area contributed by atoms with Crippen LogP contribution in [0.4, 0.5) is 0 Å². The van der Waals surface area contributed by atoms with Gasteiger partial charge in [0, 0.05) is 12.5 Å². The second-order valence-electron chi connectivity index (χ2n) is 8.88. The van der Waals surface area contributed by atoms with Gasteiger partial charge in [0.05, 0.1) is 24.7 Å². The van der Waals surface area contributed by atoms with Crippen molar-refractivity contribution in [1.29, 1.82) is 0 Å². The van der Waals surface area contributed by atoms with Crippen molar-refractivity contribution in [2.24, 2.45) is 5.92 Å². The lowest BCUT2D eigenvalue weighted by atomic mass is 9.81. The summed E-state index contributed by atoms with van der Waals surface area (Å²) < 4.78 is 32.9. The van der Waals surface area contributed by atoms with Gasteiger partial charge in [-0.3, -0.25) is 4.79 Å². The summed E-state index contributed by atoms with van der Waals surface area (Å²) in [5.41, 5.74) is -2.08. The van der Waals surface area contributed by atoms with E-state index in [0.29, 0.717) is 0 Å². The van der Waals surface area contributed by atoms with Gasteiger partial charge in [-0.1, -0.05) is 18.7 Å². The van der Waals surface area contributed by atoms with Crippen molar-refractivity contribution in [1.82, 2.24) is 0 Å². The van der Waals surface area contributed by atoms with Crippen molar-refractivity contribution in [3.05, 3.63) is 36.0 Å². The van der Waals surface area contributed by atoms with Gasteiger partial charge in [0.25, 0.3) is 0 Å². The molecule has 10 nitrogen and oxygen atoms in total. The molecule has 0 radical (unpaired) electrons. The van der Waals surface area contributed by atoms with Crippen molar-refractivity contribution >= 4 is 23.9 Å². The average Bonchev–Trinajstić information content (AvgIpc) is 3.57. The van der Waals surface area contributed by atoms with Crippen LogP contribution in [0.2, 0.25) is 0 Å². The molecule has 33 heavy (non-hydrogen) atoms. The minimum absolute atomic E-state index is 0.0106. The molecule has 1 aliphatic carbocycles. The van der Waals surface area contributed by atoms with E-state index in [1.807, 2.05) is 0 Å². The fraction of sp³-hybridized carbons (Fsp3) is 0.565. The molecular formula is C23H26O10. The van der Waals surface area contributed by atoms with Crippen LogP contribution >= 0.6 is 0 Å². The van der Waals surface area contributed by atoms with E-state index in [1.54, 1.807) is 32.9 Å². The third-order valence-corrected chi connectivity index (χ3v) is 6.61. The van der Waals surface area contributed by atoms with Crippen LogP contribution < -0.4 is 0 Å².